The minimum Gasteiger partial charge on any atom is -0.477 e. The van der Waals surface area contributed by atoms with Gasteiger partial charge in [-0.1, -0.05) is 0 Å². The summed E-state index contributed by atoms with van der Waals surface area (Å²) in [6.07, 6.45) is 1.35. The maximum atomic E-state index is 14.8. The highest BCUT2D eigenvalue weighted by Gasteiger charge is 2.36. The van der Waals surface area contributed by atoms with Crippen molar-refractivity contribution in [3.63, 3.8) is 0 Å². The second kappa shape index (κ2) is 6.09. The van der Waals surface area contributed by atoms with Crippen LogP contribution >= 0.6 is 0 Å². The number of likely N-dealkylation sites (N-methyl/N-ethyl adjacent to an activating group) is 1. The van der Waals surface area contributed by atoms with Gasteiger partial charge in [0.05, 0.1) is 11.2 Å². The number of carboxylic acids is 1. The highest BCUT2D eigenvalue weighted by atomic mass is 19.1. The van der Waals surface area contributed by atoms with Crippen molar-refractivity contribution in [2.75, 3.05) is 18.5 Å². The summed E-state index contributed by atoms with van der Waals surface area (Å²) in [5.74, 6) is -1.83. The van der Waals surface area contributed by atoms with Gasteiger partial charge in [0, 0.05) is 35.8 Å². The number of pyridine rings is 1. The van der Waals surface area contributed by atoms with Crippen LogP contribution in [-0.2, 0) is 5.54 Å². The maximum absolute atomic E-state index is 14.8. The Labute approximate surface area is 151 Å². The number of nitrogens with one attached hydrogen (secondary N) is 1. The standard InChI is InChI=1S/C19H24FN3O3/c1-10-14(21-5)9-22(10)16-7-15-11(6-13(16)20)17(24)12(18(25)26)8-23(15)19(2,3)4/h6-8,10,14,21H,9H2,1-5H3,(H,25,26)/t10-,14+/m0/s1. The van der Waals surface area contributed by atoms with Crippen molar-refractivity contribution < 1.29 is 14.3 Å². The molecule has 1 aromatic heterocycles. The van der Waals surface area contributed by atoms with Crippen LogP contribution in [0.5, 0.6) is 0 Å². The Balaban J connectivity index is 2.28. The van der Waals surface area contributed by atoms with Crippen LogP contribution in [0.1, 0.15) is 38.1 Å². The van der Waals surface area contributed by atoms with Gasteiger partial charge in [0.25, 0.3) is 0 Å². The second-order valence-corrected chi connectivity index (χ2v) is 7.83. The van der Waals surface area contributed by atoms with E-state index in [0.717, 1.165) is 0 Å². The molecule has 0 saturated carbocycles. The molecule has 1 saturated heterocycles. The summed E-state index contributed by atoms with van der Waals surface area (Å²) < 4.78 is 16.5. The molecule has 0 bridgehead atoms. The molecule has 6 nitrogen and oxygen atoms in total. The molecule has 2 heterocycles. The van der Waals surface area contributed by atoms with Crippen molar-refractivity contribution in [3.05, 3.63) is 39.9 Å². The molecule has 140 valence electrons. The molecular formula is C19H24FN3O3. The first-order valence-corrected chi connectivity index (χ1v) is 8.63. The number of halogens is 1. The van der Waals surface area contributed by atoms with E-state index in [9.17, 15) is 19.1 Å². The number of aromatic carboxylic acids is 1. The lowest BCUT2D eigenvalue weighted by molar-refractivity contribution is 0.0694. The zero-order chi connectivity index (χ0) is 19.4. The molecule has 1 fully saturated rings. The van der Waals surface area contributed by atoms with E-state index in [1.807, 2.05) is 39.6 Å². The van der Waals surface area contributed by atoms with E-state index in [0.29, 0.717) is 17.7 Å². The Bertz CT molecular complexity index is 946. The van der Waals surface area contributed by atoms with Gasteiger partial charge in [0.1, 0.15) is 11.4 Å². The van der Waals surface area contributed by atoms with E-state index in [-0.39, 0.29) is 23.0 Å². The van der Waals surface area contributed by atoms with Crippen LogP contribution in [0.4, 0.5) is 10.1 Å². The summed E-state index contributed by atoms with van der Waals surface area (Å²) in [7, 11) is 1.87. The van der Waals surface area contributed by atoms with E-state index >= 15 is 0 Å². The van der Waals surface area contributed by atoms with Crippen LogP contribution in [0.15, 0.2) is 23.1 Å². The molecule has 1 aliphatic rings. The molecule has 7 heteroatoms. The number of hydrogen-bond acceptors (Lipinski definition) is 4. The average Bonchev–Trinajstić information content (AvgIpc) is 2.53. The molecule has 2 atom stereocenters. The number of anilines is 1. The SMILES string of the molecule is CN[C@@H]1CN(c2cc3c(cc2F)c(=O)c(C(=O)O)cn3C(C)(C)C)[C@H]1C. The van der Waals surface area contributed by atoms with E-state index in [2.05, 4.69) is 5.32 Å². The maximum Gasteiger partial charge on any atom is 0.341 e. The Hall–Kier alpha value is -2.41. The van der Waals surface area contributed by atoms with Crippen molar-refractivity contribution >= 4 is 22.6 Å². The molecule has 2 aromatic rings. The van der Waals surface area contributed by atoms with E-state index in [1.54, 1.807) is 10.6 Å². The third-order valence-corrected chi connectivity index (χ3v) is 5.17. The van der Waals surface area contributed by atoms with Gasteiger partial charge in [-0.3, -0.25) is 4.79 Å². The third kappa shape index (κ3) is 2.76. The number of hydrogen-bond donors (Lipinski definition) is 2. The molecule has 26 heavy (non-hydrogen) atoms. The average molecular weight is 361 g/mol. The van der Waals surface area contributed by atoms with Crippen molar-refractivity contribution in [2.24, 2.45) is 0 Å². The van der Waals surface area contributed by atoms with E-state index in [1.165, 1.54) is 12.3 Å². The van der Waals surface area contributed by atoms with Crippen molar-refractivity contribution in [2.45, 2.75) is 45.3 Å². The topological polar surface area (TPSA) is 74.6 Å². The quantitative estimate of drug-likeness (QED) is 0.878. The van der Waals surface area contributed by atoms with Gasteiger partial charge < -0.3 is 19.9 Å². The number of carboxylic acid groups (broad SMARTS) is 1. The molecular weight excluding hydrogens is 337 g/mol. The van der Waals surface area contributed by atoms with Gasteiger partial charge in [-0.2, -0.15) is 0 Å². The van der Waals surface area contributed by atoms with Crippen LogP contribution in [0, 0.1) is 5.82 Å². The van der Waals surface area contributed by atoms with Crippen LogP contribution in [0.3, 0.4) is 0 Å². The molecule has 0 radical (unpaired) electrons. The minimum atomic E-state index is -1.31. The lowest BCUT2D eigenvalue weighted by atomic mass is 9.96. The van der Waals surface area contributed by atoms with Crippen molar-refractivity contribution in [1.29, 1.82) is 0 Å². The summed E-state index contributed by atoms with van der Waals surface area (Å²) in [6, 6.07) is 3.23. The summed E-state index contributed by atoms with van der Waals surface area (Å²) >= 11 is 0. The van der Waals surface area contributed by atoms with Crippen LogP contribution in [0.2, 0.25) is 0 Å². The minimum absolute atomic E-state index is 0.0828. The Kier molecular flexibility index (Phi) is 4.30. The number of nitrogens with zero attached hydrogens (tertiary/aromatic N) is 2. The smallest absolute Gasteiger partial charge is 0.341 e. The first kappa shape index (κ1) is 18.4. The zero-order valence-electron chi connectivity index (χ0n) is 15.6. The lowest BCUT2D eigenvalue weighted by Gasteiger charge is -2.48. The van der Waals surface area contributed by atoms with Crippen LogP contribution < -0.4 is 15.6 Å². The fraction of sp³-hybridized carbons (Fsp3) is 0.474. The molecule has 0 spiro atoms. The lowest BCUT2D eigenvalue weighted by Crippen LogP contribution is -2.64. The Morgan fingerprint density at radius 1 is 1.35 bits per heavy atom. The number of fused-ring (bicyclic) bond motifs is 1. The largest absolute Gasteiger partial charge is 0.477 e. The van der Waals surface area contributed by atoms with Gasteiger partial charge in [0.15, 0.2) is 0 Å². The summed E-state index contributed by atoms with van der Waals surface area (Å²) in [5, 5.41) is 12.6. The molecule has 1 aromatic carbocycles. The summed E-state index contributed by atoms with van der Waals surface area (Å²) in [6.45, 7) is 8.42. The number of benzene rings is 1. The third-order valence-electron chi connectivity index (χ3n) is 5.17. The van der Waals surface area contributed by atoms with Gasteiger partial charge in [-0.15, -0.1) is 0 Å². The summed E-state index contributed by atoms with van der Waals surface area (Å²) in [5.41, 5.74) is -0.532. The molecule has 0 unspecified atom stereocenters. The number of aromatic nitrogens is 1. The van der Waals surface area contributed by atoms with Crippen molar-refractivity contribution in [3.8, 4) is 0 Å². The predicted octanol–water partition coefficient (Wildman–Crippen LogP) is 2.39. The fourth-order valence-corrected chi connectivity index (χ4v) is 3.52. The fourth-order valence-electron chi connectivity index (χ4n) is 3.52. The van der Waals surface area contributed by atoms with Crippen molar-refractivity contribution in [1.82, 2.24) is 9.88 Å². The number of rotatable bonds is 3. The first-order chi connectivity index (χ1) is 12.1. The molecule has 0 aliphatic carbocycles. The molecule has 2 N–H and O–H groups in total. The number of carbonyl (C=O) groups is 1. The predicted molar refractivity (Wildman–Crippen MR) is 99.8 cm³/mol. The molecule has 3 rings (SSSR count). The highest BCUT2D eigenvalue weighted by molar-refractivity contribution is 5.93. The van der Waals surface area contributed by atoms with Gasteiger partial charge >= 0.3 is 5.97 Å². The van der Waals surface area contributed by atoms with Crippen LogP contribution in [-0.4, -0.2) is 41.3 Å². The normalized spacial score (nSPS) is 20.3. The van der Waals surface area contributed by atoms with Gasteiger partial charge in [-0.25, -0.2) is 9.18 Å². The first-order valence-electron chi connectivity index (χ1n) is 8.63. The molecule has 1 aliphatic heterocycles. The van der Waals surface area contributed by atoms with E-state index in [4.69, 9.17) is 0 Å². The highest BCUT2D eigenvalue weighted by Crippen LogP contribution is 2.33. The van der Waals surface area contributed by atoms with E-state index < -0.39 is 22.8 Å². The Morgan fingerprint density at radius 3 is 2.50 bits per heavy atom. The zero-order valence-corrected chi connectivity index (χ0v) is 15.6. The second-order valence-electron chi connectivity index (χ2n) is 7.83. The molecule has 0 amide bonds. The van der Waals surface area contributed by atoms with Gasteiger partial charge in [-0.05, 0) is 46.9 Å². The Morgan fingerprint density at radius 2 is 2.00 bits per heavy atom. The van der Waals surface area contributed by atoms with Crippen LogP contribution in [0.25, 0.3) is 10.9 Å². The summed E-state index contributed by atoms with van der Waals surface area (Å²) in [4.78, 5) is 25.9. The monoisotopic (exact) mass is 361 g/mol. The van der Waals surface area contributed by atoms with Gasteiger partial charge in [0.2, 0.25) is 5.43 Å².